The van der Waals surface area contributed by atoms with Crippen molar-refractivity contribution in [1.82, 2.24) is 4.57 Å². The summed E-state index contributed by atoms with van der Waals surface area (Å²) in [6.07, 6.45) is 0. The van der Waals surface area contributed by atoms with Crippen LogP contribution < -0.4 is 4.90 Å². The van der Waals surface area contributed by atoms with Gasteiger partial charge < -0.3 is 9.47 Å². The summed E-state index contributed by atoms with van der Waals surface area (Å²) >= 11 is 0. The minimum Gasteiger partial charge on any atom is -0.310 e. The van der Waals surface area contributed by atoms with Crippen LogP contribution in [0.1, 0.15) is 35.6 Å². The molecule has 0 spiro atoms. The van der Waals surface area contributed by atoms with E-state index in [2.05, 4.69) is 0 Å². The predicted octanol–water partition coefficient (Wildman–Crippen LogP) is 16.6. The number of nitrogens with zero attached hydrogens (tertiary/aromatic N) is 2. The van der Waals surface area contributed by atoms with Crippen molar-refractivity contribution >= 4 is 38.9 Å². The van der Waals surface area contributed by atoms with E-state index in [1.54, 1.807) is 18.2 Å². The largest absolute Gasteiger partial charge is 0.310 e. The molecule has 1 heterocycles. The highest BCUT2D eigenvalue weighted by Gasteiger charge is 2.19. The van der Waals surface area contributed by atoms with Crippen molar-refractivity contribution in [3.05, 3.63) is 254 Å². The fraction of sp³-hybridized carbons (Fsp3) is 0. The molecule has 11 rings (SSSR count). The molecule has 0 amide bonds. The van der Waals surface area contributed by atoms with Crippen molar-refractivity contribution in [2.75, 3.05) is 4.90 Å². The number of fused-ring (bicyclic) bond motifs is 3. The van der Waals surface area contributed by atoms with Crippen LogP contribution in [0.15, 0.2) is 254 Å². The SMILES string of the molecule is [2H]c1c([2H])c([2H])c(-c2c([2H])c([2H])c(-c3c([2H])c([2H])c([2H])c([2H])c3N(c3c([2H])c([2H])c(-c4ccc5c(c4)c4ccccc4n5-c4ccc(-c5ccccc5)cc4)c([2H])c3[2H])c3c([2H])c([2H])c(-c4c([2H])c([2H])c([2H])c([2H])c4[2H])c([2H])c3[2H])c([2H])c2[2H])c([2H])c1[2H]. The zero-order valence-electron chi connectivity index (χ0n) is 58.1. The van der Waals surface area contributed by atoms with E-state index in [1.165, 1.54) is 0 Å². The van der Waals surface area contributed by atoms with Crippen LogP contribution >= 0.6 is 0 Å². The van der Waals surface area contributed by atoms with Crippen molar-refractivity contribution in [3.8, 4) is 61.3 Å². The average molecular weight is 817 g/mol. The van der Waals surface area contributed by atoms with E-state index >= 15 is 0 Å². The van der Waals surface area contributed by atoms with E-state index in [9.17, 15) is 19.2 Å². The van der Waals surface area contributed by atoms with Crippen LogP contribution in [0.2, 0.25) is 0 Å². The molecule has 11 aromatic rings. The number of aromatic nitrogens is 1. The van der Waals surface area contributed by atoms with E-state index in [-0.39, 0.29) is 11.1 Å². The van der Waals surface area contributed by atoms with E-state index in [4.69, 9.17) is 16.4 Å². The van der Waals surface area contributed by atoms with Gasteiger partial charge >= 0.3 is 0 Å². The van der Waals surface area contributed by atoms with Crippen molar-refractivity contribution in [2.45, 2.75) is 0 Å². The zero-order valence-corrected chi connectivity index (χ0v) is 32.1. The number of hydrogen-bond acceptors (Lipinski definition) is 1. The quantitative estimate of drug-likeness (QED) is 0.141. The second kappa shape index (κ2) is 16.1. The fourth-order valence-corrected chi connectivity index (χ4v) is 7.25. The first-order valence-electron chi connectivity index (χ1n) is 32.1. The molecule has 0 radical (unpaired) electrons. The molecule has 0 N–H and O–H groups in total. The van der Waals surface area contributed by atoms with E-state index in [0.717, 1.165) is 27.7 Å². The lowest BCUT2D eigenvalue weighted by Crippen LogP contribution is -2.11. The van der Waals surface area contributed by atoms with Crippen LogP contribution in [0.25, 0.3) is 83.1 Å². The second-order valence-electron chi connectivity index (χ2n) is 13.8. The molecule has 62 heavy (non-hydrogen) atoms. The maximum absolute atomic E-state index is 9.88. The summed E-state index contributed by atoms with van der Waals surface area (Å²) in [5, 5.41) is 1.36. The van der Waals surface area contributed by atoms with Crippen molar-refractivity contribution in [1.29, 1.82) is 0 Å². The van der Waals surface area contributed by atoms with Gasteiger partial charge in [0.2, 0.25) is 0 Å². The van der Waals surface area contributed by atoms with Crippen LogP contribution in [-0.2, 0) is 0 Å². The van der Waals surface area contributed by atoms with Crippen molar-refractivity contribution in [2.24, 2.45) is 0 Å². The zero-order chi connectivity index (χ0) is 63.9. The molecule has 2 heteroatoms. The minimum atomic E-state index is -1.21. The number of benzene rings is 10. The molecule has 0 bridgehead atoms. The Hall–Kier alpha value is -8.20. The number of rotatable bonds is 9. The highest BCUT2D eigenvalue weighted by atomic mass is 15.1. The standard InChI is InChI=1S/C60H42N2/c1-4-14-43(15-5-1)46-24-26-50(27-25-46)55-20-10-12-22-58(55)61(52-35-28-47(29-36-52)44-16-6-2-7-17-44)53-37-32-49(33-38-53)51-34-41-60-57(42-51)56-21-11-13-23-59(56)62(60)54-39-30-48(31-40-54)45-18-8-3-9-19-45/h1-42H/i1D,2D,4D,5D,6D,7D,10D,12D,14D,15D,16D,17D,20D,22D,24D,25D,26D,27D,28D,29D,32D,33D,35D,36D,37D,38D. The summed E-state index contributed by atoms with van der Waals surface area (Å²) in [5.41, 5.74) is -4.38. The van der Waals surface area contributed by atoms with Gasteiger partial charge in [0.15, 0.2) is 0 Å². The molecule has 1 aromatic heterocycles. The van der Waals surface area contributed by atoms with Crippen LogP contribution in [0.5, 0.6) is 0 Å². The third-order valence-corrected chi connectivity index (χ3v) is 10.1. The van der Waals surface area contributed by atoms with Crippen molar-refractivity contribution in [3.63, 3.8) is 0 Å². The van der Waals surface area contributed by atoms with E-state index in [1.807, 2.05) is 83.4 Å². The molecule has 0 aliphatic rings. The third-order valence-electron chi connectivity index (χ3n) is 10.1. The van der Waals surface area contributed by atoms with Crippen LogP contribution in [0.4, 0.5) is 17.1 Å². The predicted molar refractivity (Wildman–Crippen MR) is 263 cm³/mol. The molecule has 0 saturated carbocycles. The van der Waals surface area contributed by atoms with Gasteiger partial charge in [-0.1, -0.05) is 194 Å². The Kier molecular flexibility index (Phi) is 4.83. The van der Waals surface area contributed by atoms with Gasteiger partial charge in [0, 0.05) is 33.4 Å². The topological polar surface area (TPSA) is 8.17 Å². The Bertz CT molecular complexity index is 4720. The number of para-hydroxylation sites is 2. The highest BCUT2D eigenvalue weighted by Crippen LogP contribution is 2.43. The van der Waals surface area contributed by atoms with Gasteiger partial charge in [0.05, 0.1) is 52.4 Å². The third kappa shape index (κ3) is 6.94. The smallest absolute Gasteiger partial charge is 0.0645 e. The molecular formula is C60H42N2. The van der Waals surface area contributed by atoms with Crippen LogP contribution in [0.3, 0.4) is 0 Å². The monoisotopic (exact) mass is 816 g/mol. The van der Waals surface area contributed by atoms with Crippen LogP contribution in [0, 0.1) is 0 Å². The first kappa shape index (κ1) is 18.6. The Morgan fingerprint density at radius 1 is 0.323 bits per heavy atom. The number of anilines is 3. The molecule has 0 saturated heterocycles. The summed E-state index contributed by atoms with van der Waals surface area (Å²) in [6, 6.07) is 3.55. The first-order valence-corrected chi connectivity index (χ1v) is 19.1. The molecule has 0 atom stereocenters. The summed E-state index contributed by atoms with van der Waals surface area (Å²) in [4.78, 5) is 0.444. The van der Waals surface area contributed by atoms with Gasteiger partial charge in [-0.2, -0.15) is 0 Å². The summed E-state index contributed by atoms with van der Waals surface area (Å²) < 4.78 is 238. The van der Waals surface area contributed by atoms with Gasteiger partial charge in [-0.25, -0.2) is 0 Å². The molecule has 292 valence electrons. The Morgan fingerprint density at radius 2 is 0.790 bits per heavy atom. The lowest BCUT2D eigenvalue weighted by Gasteiger charge is -2.28. The van der Waals surface area contributed by atoms with Gasteiger partial charge in [0.1, 0.15) is 0 Å². The molecule has 10 aromatic carbocycles. The average Bonchev–Trinajstić information content (AvgIpc) is 0.903. The molecular weight excluding hydrogens is 749 g/mol. The Balaban J connectivity index is 1.22. The maximum atomic E-state index is 9.88. The van der Waals surface area contributed by atoms with E-state index < -0.39 is 208 Å². The highest BCUT2D eigenvalue weighted by molar-refractivity contribution is 6.10. The molecule has 2 nitrogen and oxygen atoms in total. The van der Waals surface area contributed by atoms with Gasteiger partial charge in [-0.15, -0.1) is 0 Å². The lowest BCUT2D eigenvalue weighted by atomic mass is 9.98. The lowest BCUT2D eigenvalue weighted by molar-refractivity contribution is 1.18. The summed E-state index contributed by atoms with van der Waals surface area (Å²) in [7, 11) is 0. The number of hydrogen-bond donors (Lipinski definition) is 0. The van der Waals surface area contributed by atoms with Gasteiger partial charge in [-0.05, 0) is 111 Å². The Labute approximate surface area is 399 Å². The second-order valence-corrected chi connectivity index (χ2v) is 13.8. The van der Waals surface area contributed by atoms with E-state index in [0.29, 0.717) is 15.8 Å². The normalized spacial score (nSPS) is 17.1. The molecule has 0 unspecified atom stereocenters. The Morgan fingerprint density at radius 3 is 1.44 bits per heavy atom. The first-order chi connectivity index (χ1) is 41.6. The minimum absolute atomic E-state index is 0.141. The fourth-order valence-electron chi connectivity index (χ4n) is 7.25. The van der Waals surface area contributed by atoms with Gasteiger partial charge in [-0.3, -0.25) is 0 Å². The molecule has 0 aliphatic heterocycles. The van der Waals surface area contributed by atoms with Crippen molar-refractivity contribution < 1.29 is 35.6 Å². The summed E-state index contributed by atoms with van der Waals surface area (Å²) in [6.45, 7) is 0. The molecule has 0 fully saturated rings. The summed E-state index contributed by atoms with van der Waals surface area (Å²) in [5.74, 6) is 0. The van der Waals surface area contributed by atoms with Crippen LogP contribution in [-0.4, -0.2) is 4.57 Å². The maximum Gasteiger partial charge on any atom is 0.0645 e. The molecule has 0 aliphatic carbocycles. The van der Waals surface area contributed by atoms with Gasteiger partial charge in [0.25, 0.3) is 0 Å².